The summed E-state index contributed by atoms with van der Waals surface area (Å²) in [5.74, 6) is -0.0786. The van der Waals surface area contributed by atoms with Crippen molar-refractivity contribution in [1.29, 1.82) is 0 Å². The van der Waals surface area contributed by atoms with Gasteiger partial charge in [-0.3, -0.25) is 14.5 Å². The summed E-state index contributed by atoms with van der Waals surface area (Å²) in [6, 6.07) is 6.43. The summed E-state index contributed by atoms with van der Waals surface area (Å²) in [6.45, 7) is -0.156. The highest BCUT2D eigenvalue weighted by atomic mass is 35.5. The number of aromatic nitrogens is 2. The second-order valence-electron chi connectivity index (χ2n) is 5.26. The molecule has 3 rings (SSSR count). The second kappa shape index (κ2) is 7.31. The molecular formula is C15H14ClN5O4. The molecule has 1 saturated heterocycles. The molecule has 0 spiro atoms. The first-order chi connectivity index (χ1) is 12.0. The van der Waals surface area contributed by atoms with E-state index in [9.17, 15) is 14.4 Å². The smallest absolute Gasteiger partial charge is 0.325 e. The van der Waals surface area contributed by atoms with Crippen LogP contribution in [-0.2, 0) is 16.0 Å². The van der Waals surface area contributed by atoms with E-state index in [2.05, 4.69) is 20.8 Å². The van der Waals surface area contributed by atoms with Gasteiger partial charge in [-0.1, -0.05) is 16.8 Å². The standard InChI is InChI=1S/C15H14ClN5O4/c16-10-3-1-9(2-4-10)14-19-12(25-20-14)5-6-17-11(22)8-21-13(23)7-18-15(21)24/h1-4H,5-8H2,(H,17,22)(H,18,24). The fourth-order valence-electron chi connectivity index (χ4n) is 2.20. The number of hydrogen-bond donors (Lipinski definition) is 2. The van der Waals surface area contributed by atoms with Crippen LogP contribution in [-0.4, -0.2) is 52.5 Å². The largest absolute Gasteiger partial charge is 0.354 e. The van der Waals surface area contributed by atoms with Crippen LogP contribution in [0.3, 0.4) is 0 Å². The molecule has 2 aromatic rings. The van der Waals surface area contributed by atoms with E-state index in [1.807, 2.05) is 0 Å². The van der Waals surface area contributed by atoms with E-state index >= 15 is 0 Å². The van der Waals surface area contributed by atoms with Crippen LogP contribution in [0.25, 0.3) is 11.4 Å². The Bertz CT molecular complexity index is 789. The molecule has 9 nitrogen and oxygen atoms in total. The Morgan fingerprint density at radius 1 is 1.32 bits per heavy atom. The number of imide groups is 1. The molecule has 0 bridgehead atoms. The number of nitrogens with zero attached hydrogens (tertiary/aromatic N) is 3. The lowest BCUT2D eigenvalue weighted by Gasteiger charge is -2.11. The lowest BCUT2D eigenvalue weighted by atomic mass is 10.2. The number of carbonyl (C=O) groups is 3. The molecule has 1 aromatic carbocycles. The van der Waals surface area contributed by atoms with E-state index in [4.69, 9.17) is 16.1 Å². The highest BCUT2D eigenvalue weighted by Crippen LogP contribution is 2.18. The van der Waals surface area contributed by atoms with Crippen LogP contribution >= 0.6 is 11.6 Å². The van der Waals surface area contributed by atoms with Gasteiger partial charge < -0.3 is 15.2 Å². The van der Waals surface area contributed by atoms with Crippen molar-refractivity contribution >= 4 is 29.4 Å². The maximum absolute atomic E-state index is 11.8. The maximum atomic E-state index is 11.8. The quantitative estimate of drug-likeness (QED) is 0.726. The zero-order valence-electron chi connectivity index (χ0n) is 13.0. The fourth-order valence-corrected chi connectivity index (χ4v) is 2.32. The van der Waals surface area contributed by atoms with Crippen molar-refractivity contribution in [2.24, 2.45) is 0 Å². The Balaban J connectivity index is 1.48. The van der Waals surface area contributed by atoms with Crippen LogP contribution in [0, 0.1) is 0 Å². The lowest BCUT2D eigenvalue weighted by molar-refractivity contribution is -0.130. The van der Waals surface area contributed by atoms with Crippen LogP contribution < -0.4 is 10.6 Å². The number of hydrogen-bond acceptors (Lipinski definition) is 6. The van der Waals surface area contributed by atoms with Crippen molar-refractivity contribution in [2.45, 2.75) is 6.42 Å². The van der Waals surface area contributed by atoms with Crippen molar-refractivity contribution in [2.75, 3.05) is 19.6 Å². The molecule has 4 amide bonds. The molecule has 2 heterocycles. The number of amides is 4. The minimum Gasteiger partial charge on any atom is -0.354 e. The first kappa shape index (κ1) is 16.9. The summed E-state index contributed by atoms with van der Waals surface area (Å²) >= 11 is 5.83. The molecule has 0 unspecified atom stereocenters. The van der Waals surface area contributed by atoms with Crippen LogP contribution in [0.5, 0.6) is 0 Å². The van der Waals surface area contributed by atoms with Crippen molar-refractivity contribution in [3.63, 3.8) is 0 Å². The minimum atomic E-state index is -0.565. The Kier molecular flexibility index (Phi) is 4.94. The molecule has 0 atom stereocenters. The van der Waals surface area contributed by atoms with Crippen LogP contribution in [0.4, 0.5) is 4.79 Å². The monoisotopic (exact) mass is 363 g/mol. The number of nitrogens with one attached hydrogen (secondary N) is 2. The summed E-state index contributed by atoms with van der Waals surface area (Å²) in [6.07, 6.45) is 0.326. The summed E-state index contributed by atoms with van der Waals surface area (Å²) in [5.41, 5.74) is 0.766. The van der Waals surface area contributed by atoms with E-state index in [0.717, 1.165) is 10.5 Å². The maximum Gasteiger partial charge on any atom is 0.325 e. The summed E-state index contributed by atoms with van der Waals surface area (Å²) in [5, 5.41) is 9.42. The highest BCUT2D eigenvalue weighted by molar-refractivity contribution is 6.30. The summed E-state index contributed by atoms with van der Waals surface area (Å²) in [7, 11) is 0. The second-order valence-corrected chi connectivity index (χ2v) is 5.69. The number of carbonyl (C=O) groups excluding carboxylic acids is 3. The van der Waals surface area contributed by atoms with Gasteiger partial charge in [-0.05, 0) is 24.3 Å². The first-order valence-corrected chi connectivity index (χ1v) is 7.84. The number of benzene rings is 1. The molecule has 1 aliphatic heterocycles. The van der Waals surface area contributed by atoms with Gasteiger partial charge in [0, 0.05) is 23.6 Å². The average molecular weight is 364 g/mol. The molecule has 10 heteroatoms. The van der Waals surface area contributed by atoms with Gasteiger partial charge in [-0.15, -0.1) is 0 Å². The van der Waals surface area contributed by atoms with Gasteiger partial charge in [-0.2, -0.15) is 4.98 Å². The van der Waals surface area contributed by atoms with E-state index < -0.39 is 17.8 Å². The molecule has 25 heavy (non-hydrogen) atoms. The van der Waals surface area contributed by atoms with E-state index in [1.165, 1.54) is 0 Å². The molecular weight excluding hydrogens is 350 g/mol. The molecule has 1 aromatic heterocycles. The lowest BCUT2D eigenvalue weighted by Crippen LogP contribution is -2.41. The Labute approximate surface area is 147 Å². The molecule has 0 radical (unpaired) electrons. The zero-order valence-corrected chi connectivity index (χ0v) is 13.7. The normalized spacial score (nSPS) is 13.9. The first-order valence-electron chi connectivity index (χ1n) is 7.46. The number of rotatable bonds is 6. The van der Waals surface area contributed by atoms with E-state index in [1.54, 1.807) is 24.3 Å². The van der Waals surface area contributed by atoms with Gasteiger partial charge >= 0.3 is 6.03 Å². The third kappa shape index (κ3) is 4.13. The molecule has 0 aliphatic carbocycles. The Hall–Kier alpha value is -2.94. The third-order valence-electron chi connectivity index (χ3n) is 3.47. The Morgan fingerprint density at radius 3 is 2.76 bits per heavy atom. The van der Waals surface area contributed by atoms with Gasteiger partial charge in [0.15, 0.2) is 0 Å². The number of urea groups is 1. The SMILES string of the molecule is O=C(CN1C(=O)CNC1=O)NCCc1nc(-c2ccc(Cl)cc2)no1. The van der Waals surface area contributed by atoms with Crippen molar-refractivity contribution in [3.05, 3.63) is 35.2 Å². The van der Waals surface area contributed by atoms with Crippen molar-refractivity contribution in [1.82, 2.24) is 25.7 Å². The van der Waals surface area contributed by atoms with Gasteiger partial charge in [0.2, 0.25) is 17.6 Å². The minimum absolute atomic E-state index is 0.0818. The predicted octanol–water partition coefficient (Wildman–Crippen LogP) is 0.600. The summed E-state index contributed by atoms with van der Waals surface area (Å²) < 4.78 is 5.12. The van der Waals surface area contributed by atoms with Crippen LogP contribution in [0.15, 0.2) is 28.8 Å². The van der Waals surface area contributed by atoms with E-state index in [-0.39, 0.29) is 19.6 Å². The Morgan fingerprint density at radius 2 is 2.08 bits per heavy atom. The summed E-state index contributed by atoms with van der Waals surface area (Å²) in [4.78, 5) is 39.6. The highest BCUT2D eigenvalue weighted by Gasteiger charge is 2.29. The van der Waals surface area contributed by atoms with Crippen molar-refractivity contribution in [3.8, 4) is 11.4 Å². The number of halogens is 1. The van der Waals surface area contributed by atoms with Crippen molar-refractivity contribution < 1.29 is 18.9 Å². The molecule has 130 valence electrons. The topological polar surface area (TPSA) is 117 Å². The van der Waals surface area contributed by atoms with Gasteiger partial charge in [0.1, 0.15) is 6.54 Å². The van der Waals surface area contributed by atoms with E-state index in [0.29, 0.717) is 23.2 Å². The van der Waals surface area contributed by atoms with Crippen LogP contribution in [0.1, 0.15) is 5.89 Å². The molecule has 2 N–H and O–H groups in total. The third-order valence-corrected chi connectivity index (χ3v) is 3.72. The molecule has 0 saturated carbocycles. The van der Waals surface area contributed by atoms with Gasteiger partial charge in [-0.25, -0.2) is 4.79 Å². The fraction of sp³-hybridized carbons (Fsp3) is 0.267. The van der Waals surface area contributed by atoms with Gasteiger partial charge in [0.25, 0.3) is 5.91 Å². The average Bonchev–Trinajstić information content (AvgIpc) is 3.18. The molecule has 1 fully saturated rings. The molecule has 1 aliphatic rings. The zero-order chi connectivity index (χ0) is 17.8. The van der Waals surface area contributed by atoms with Crippen LogP contribution in [0.2, 0.25) is 5.02 Å². The predicted molar refractivity (Wildman–Crippen MR) is 86.6 cm³/mol. The van der Waals surface area contributed by atoms with Gasteiger partial charge in [0.05, 0.1) is 6.54 Å².